The fourth-order valence-corrected chi connectivity index (χ4v) is 2.53. The van der Waals surface area contributed by atoms with Gasteiger partial charge in [0, 0.05) is 38.8 Å². The summed E-state index contributed by atoms with van der Waals surface area (Å²) in [5.74, 6) is 0. The summed E-state index contributed by atoms with van der Waals surface area (Å²) in [6.45, 7) is 2.44. The fourth-order valence-electron chi connectivity index (χ4n) is 2.26. The molecule has 1 heterocycles. The average molecular weight is 336 g/mol. The van der Waals surface area contributed by atoms with Gasteiger partial charge in [-0.05, 0) is 30.7 Å². The van der Waals surface area contributed by atoms with Gasteiger partial charge in [-0.2, -0.15) is 0 Å². The van der Waals surface area contributed by atoms with Crippen molar-refractivity contribution >= 4 is 23.3 Å². The summed E-state index contributed by atoms with van der Waals surface area (Å²) in [4.78, 5) is 13.9. The van der Waals surface area contributed by atoms with E-state index in [0.717, 1.165) is 16.9 Å². The molecule has 2 aromatic rings. The minimum Gasteiger partial charge on any atom is -0.377 e. The standard InChI is InChI=1S/C17H22ClN3O2/c1-12(23-4)13-6-5-7-15(8-13)19-17(22)21(3)11-16-9-14(18)10-20(16)2/h5-10,12H,11H2,1-4H3,(H,19,22)/t12-/m1/s1. The molecule has 0 aliphatic heterocycles. The molecule has 5 nitrogen and oxygen atoms in total. The molecular formula is C17H22ClN3O2. The molecule has 124 valence electrons. The van der Waals surface area contributed by atoms with Crippen LogP contribution in [0.15, 0.2) is 36.5 Å². The number of urea groups is 1. The van der Waals surface area contributed by atoms with Crippen LogP contribution >= 0.6 is 11.6 Å². The fraction of sp³-hybridized carbons (Fsp3) is 0.353. The molecule has 0 aliphatic rings. The molecular weight excluding hydrogens is 314 g/mol. The van der Waals surface area contributed by atoms with Crippen LogP contribution < -0.4 is 5.32 Å². The van der Waals surface area contributed by atoms with Gasteiger partial charge in [-0.1, -0.05) is 23.7 Å². The smallest absolute Gasteiger partial charge is 0.321 e. The second-order valence-electron chi connectivity index (χ2n) is 5.55. The van der Waals surface area contributed by atoms with Crippen molar-refractivity contribution in [1.82, 2.24) is 9.47 Å². The van der Waals surface area contributed by atoms with E-state index in [2.05, 4.69) is 5.32 Å². The number of anilines is 1. The van der Waals surface area contributed by atoms with Gasteiger partial charge in [0.1, 0.15) is 0 Å². The number of nitrogens with one attached hydrogen (secondary N) is 1. The minimum atomic E-state index is -0.176. The molecule has 2 rings (SSSR count). The molecule has 23 heavy (non-hydrogen) atoms. The molecule has 2 amide bonds. The van der Waals surface area contributed by atoms with E-state index >= 15 is 0 Å². The van der Waals surface area contributed by atoms with Gasteiger partial charge in [0.2, 0.25) is 0 Å². The van der Waals surface area contributed by atoms with Gasteiger partial charge in [0.15, 0.2) is 0 Å². The maximum atomic E-state index is 12.3. The lowest BCUT2D eigenvalue weighted by atomic mass is 10.1. The van der Waals surface area contributed by atoms with Crippen molar-refractivity contribution in [1.29, 1.82) is 0 Å². The number of amides is 2. The maximum absolute atomic E-state index is 12.3. The highest BCUT2D eigenvalue weighted by molar-refractivity contribution is 6.30. The number of aryl methyl sites for hydroxylation is 1. The molecule has 1 atom stereocenters. The summed E-state index contributed by atoms with van der Waals surface area (Å²) in [5, 5.41) is 3.56. The number of nitrogens with zero attached hydrogens (tertiary/aromatic N) is 2. The van der Waals surface area contributed by atoms with E-state index in [0.29, 0.717) is 11.6 Å². The van der Waals surface area contributed by atoms with Crippen LogP contribution in [0.25, 0.3) is 0 Å². The molecule has 0 fully saturated rings. The third-order valence-corrected chi connectivity index (χ3v) is 3.99. The Bertz CT molecular complexity index is 684. The van der Waals surface area contributed by atoms with Crippen LogP contribution in [0.1, 0.15) is 24.3 Å². The predicted octanol–water partition coefficient (Wildman–Crippen LogP) is 4.05. The second kappa shape index (κ2) is 7.53. The lowest BCUT2D eigenvalue weighted by molar-refractivity contribution is 0.119. The van der Waals surface area contributed by atoms with Crippen LogP contribution in [0, 0.1) is 0 Å². The quantitative estimate of drug-likeness (QED) is 0.896. The predicted molar refractivity (Wildman–Crippen MR) is 92.8 cm³/mol. The highest BCUT2D eigenvalue weighted by Crippen LogP contribution is 2.20. The van der Waals surface area contributed by atoms with E-state index in [1.807, 2.05) is 55.1 Å². The third-order valence-electron chi connectivity index (χ3n) is 3.78. The van der Waals surface area contributed by atoms with Crippen molar-refractivity contribution in [2.75, 3.05) is 19.5 Å². The first-order valence-corrected chi connectivity index (χ1v) is 7.74. The number of halogens is 1. The number of aromatic nitrogens is 1. The summed E-state index contributed by atoms with van der Waals surface area (Å²) in [6, 6.07) is 9.32. The normalized spacial score (nSPS) is 12.0. The highest BCUT2D eigenvalue weighted by Gasteiger charge is 2.12. The van der Waals surface area contributed by atoms with E-state index in [1.54, 1.807) is 19.1 Å². The SMILES string of the molecule is CO[C@H](C)c1cccc(NC(=O)N(C)Cc2cc(Cl)cn2C)c1. The number of benzene rings is 1. The van der Waals surface area contributed by atoms with Crippen molar-refractivity contribution in [3.05, 3.63) is 52.8 Å². The molecule has 1 N–H and O–H groups in total. The third kappa shape index (κ3) is 4.50. The Labute approximate surface area is 141 Å². The van der Waals surface area contributed by atoms with Gasteiger partial charge in [0.05, 0.1) is 17.7 Å². The number of carbonyl (C=O) groups excluding carboxylic acids is 1. The van der Waals surface area contributed by atoms with Crippen molar-refractivity contribution in [2.45, 2.75) is 19.6 Å². The lowest BCUT2D eigenvalue weighted by Gasteiger charge is -2.19. The average Bonchev–Trinajstić information content (AvgIpc) is 2.84. The Morgan fingerprint density at radius 2 is 2.17 bits per heavy atom. The summed E-state index contributed by atoms with van der Waals surface area (Å²) >= 11 is 5.97. The lowest BCUT2D eigenvalue weighted by Crippen LogP contribution is -2.31. The Balaban J connectivity index is 2.02. The second-order valence-corrected chi connectivity index (χ2v) is 5.99. The minimum absolute atomic E-state index is 0.0184. The Morgan fingerprint density at radius 3 is 2.78 bits per heavy atom. The van der Waals surface area contributed by atoms with Gasteiger partial charge in [0.25, 0.3) is 0 Å². The number of ether oxygens (including phenoxy) is 1. The largest absolute Gasteiger partial charge is 0.377 e. The van der Waals surface area contributed by atoms with Crippen molar-refractivity contribution in [3.8, 4) is 0 Å². The number of hydrogen-bond acceptors (Lipinski definition) is 2. The van der Waals surface area contributed by atoms with Crippen molar-refractivity contribution in [3.63, 3.8) is 0 Å². The van der Waals surface area contributed by atoms with Crippen LogP contribution in [0.5, 0.6) is 0 Å². The summed E-state index contributed by atoms with van der Waals surface area (Å²) in [7, 11) is 5.31. The van der Waals surface area contributed by atoms with E-state index in [1.165, 1.54) is 0 Å². The first kappa shape index (κ1) is 17.4. The first-order chi connectivity index (χ1) is 10.9. The molecule has 1 aromatic heterocycles. The van der Waals surface area contributed by atoms with E-state index in [4.69, 9.17) is 16.3 Å². The number of rotatable bonds is 5. The number of carbonyl (C=O) groups is 1. The Hall–Kier alpha value is -1.98. The van der Waals surface area contributed by atoms with Gasteiger partial charge >= 0.3 is 6.03 Å². The van der Waals surface area contributed by atoms with Gasteiger partial charge in [-0.3, -0.25) is 0 Å². The Kier molecular flexibility index (Phi) is 5.69. The van der Waals surface area contributed by atoms with Crippen LogP contribution in [0.3, 0.4) is 0 Å². The molecule has 0 spiro atoms. The monoisotopic (exact) mass is 335 g/mol. The zero-order valence-electron chi connectivity index (χ0n) is 13.8. The van der Waals surface area contributed by atoms with Crippen molar-refractivity contribution in [2.24, 2.45) is 7.05 Å². The molecule has 0 radical (unpaired) electrons. The first-order valence-electron chi connectivity index (χ1n) is 7.36. The molecule has 0 saturated carbocycles. The summed E-state index contributed by atoms with van der Waals surface area (Å²) in [6.07, 6.45) is 1.80. The highest BCUT2D eigenvalue weighted by atomic mass is 35.5. The Morgan fingerprint density at radius 1 is 1.43 bits per heavy atom. The molecule has 0 unspecified atom stereocenters. The van der Waals surface area contributed by atoms with Gasteiger partial charge < -0.3 is 19.5 Å². The molecule has 1 aromatic carbocycles. The van der Waals surface area contributed by atoms with Gasteiger partial charge in [-0.25, -0.2) is 4.79 Å². The van der Waals surface area contributed by atoms with Gasteiger partial charge in [-0.15, -0.1) is 0 Å². The van der Waals surface area contributed by atoms with Crippen LogP contribution in [-0.2, 0) is 18.3 Å². The van der Waals surface area contributed by atoms with Crippen molar-refractivity contribution < 1.29 is 9.53 Å². The topological polar surface area (TPSA) is 46.5 Å². The molecule has 0 saturated heterocycles. The molecule has 6 heteroatoms. The summed E-state index contributed by atoms with van der Waals surface area (Å²) in [5.41, 5.74) is 2.73. The number of methoxy groups -OCH3 is 1. The molecule has 0 bridgehead atoms. The summed E-state index contributed by atoms with van der Waals surface area (Å²) < 4.78 is 7.21. The van der Waals surface area contributed by atoms with Crippen LogP contribution in [0.2, 0.25) is 5.02 Å². The zero-order valence-corrected chi connectivity index (χ0v) is 14.6. The maximum Gasteiger partial charge on any atom is 0.321 e. The molecule has 0 aliphatic carbocycles. The van der Waals surface area contributed by atoms with E-state index in [-0.39, 0.29) is 12.1 Å². The number of hydrogen-bond donors (Lipinski definition) is 1. The van der Waals surface area contributed by atoms with E-state index in [9.17, 15) is 4.79 Å². The van der Waals surface area contributed by atoms with Crippen LogP contribution in [0.4, 0.5) is 10.5 Å². The zero-order chi connectivity index (χ0) is 17.0. The van der Waals surface area contributed by atoms with E-state index < -0.39 is 0 Å². The van der Waals surface area contributed by atoms with Crippen LogP contribution in [-0.4, -0.2) is 29.7 Å².